The molecule has 0 aromatic carbocycles. The maximum atomic E-state index is 4.52. The molecular formula is C20H22N4. The fourth-order valence-electron chi connectivity index (χ4n) is 2.72. The first-order valence-corrected chi connectivity index (χ1v) is 8.28. The summed E-state index contributed by atoms with van der Waals surface area (Å²) < 4.78 is 0. The molecule has 3 rings (SSSR count). The van der Waals surface area contributed by atoms with E-state index in [2.05, 4.69) is 45.0 Å². The molecule has 0 N–H and O–H groups in total. The molecule has 3 heterocycles. The third-order valence-electron chi connectivity index (χ3n) is 4.14. The number of hydrogen-bond acceptors (Lipinski definition) is 4. The first-order valence-electron chi connectivity index (χ1n) is 8.28. The highest BCUT2D eigenvalue weighted by Crippen LogP contribution is 2.20. The summed E-state index contributed by atoms with van der Waals surface area (Å²) in [5.74, 6) is 0. The summed E-state index contributed by atoms with van der Waals surface area (Å²) in [6.07, 6.45) is 6.45. The van der Waals surface area contributed by atoms with Crippen LogP contribution in [0.2, 0.25) is 0 Å². The van der Waals surface area contributed by atoms with E-state index in [1.54, 1.807) is 0 Å². The average Bonchev–Trinajstić information content (AvgIpc) is 2.67. The van der Waals surface area contributed by atoms with Crippen LogP contribution < -0.4 is 0 Å². The largest absolute Gasteiger partial charge is 0.289 e. The number of pyridine rings is 3. The van der Waals surface area contributed by atoms with Gasteiger partial charge in [0.25, 0.3) is 0 Å². The van der Waals surface area contributed by atoms with Gasteiger partial charge in [0, 0.05) is 49.8 Å². The molecule has 0 aliphatic heterocycles. The molecule has 0 aliphatic rings. The Kier molecular flexibility index (Phi) is 5.64. The first kappa shape index (κ1) is 16.3. The highest BCUT2D eigenvalue weighted by molar-refractivity contribution is 5.10. The predicted molar refractivity (Wildman–Crippen MR) is 95.2 cm³/mol. The van der Waals surface area contributed by atoms with E-state index in [9.17, 15) is 0 Å². The molecule has 3 aromatic heterocycles. The van der Waals surface area contributed by atoms with Gasteiger partial charge in [0.05, 0.1) is 11.4 Å². The van der Waals surface area contributed by atoms with Crippen LogP contribution in [-0.4, -0.2) is 26.4 Å². The minimum Gasteiger partial charge on any atom is -0.289 e. The van der Waals surface area contributed by atoms with Crippen molar-refractivity contribution >= 4 is 0 Å². The lowest BCUT2D eigenvalue weighted by Gasteiger charge is -2.28. The van der Waals surface area contributed by atoms with Crippen LogP contribution in [0.25, 0.3) is 0 Å². The Morgan fingerprint density at radius 3 is 2.00 bits per heavy atom. The number of aromatic nitrogens is 3. The van der Waals surface area contributed by atoms with Crippen molar-refractivity contribution in [1.82, 2.24) is 19.9 Å². The van der Waals surface area contributed by atoms with Crippen molar-refractivity contribution in [3.05, 3.63) is 90.3 Å². The van der Waals surface area contributed by atoms with Crippen LogP contribution in [0, 0.1) is 0 Å². The highest BCUT2D eigenvalue weighted by Gasteiger charge is 2.17. The molecule has 122 valence electrons. The van der Waals surface area contributed by atoms with Crippen LogP contribution in [0.4, 0.5) is 0 Å². The fourth-order valence-corrected chi connectivity index (χ4v) is 2.72. The maximum Gasteiger partial charge on any atom is 0.0572 e. The van der Waals surface area contributed by atoms with Crippen molar-refractivity contribution in [2.45, 2.75) is 25.9 Å². The molecule has 0 saturated heterocycles. The summed E-state index contributed by atoms with van der Waals surface area (Å²) in [4.78, 5) is 15.8. The molecule has 0 saturated carbocycles. The van der Waals surface area contributed by atoms with Crippen LogP contribution in [0.3, 0.4) is 0 Å². The zero-order valence-electron chi connectivity index (χ0n) is 13.9. The maximum absolute atomic E-state index is 4.52. The van der Waals surface area contributed by atoms with Gasteiger partial charge >= 0.3 is 0 Å². The third kappa shape index (κ3) is 4.46. The van der Waals surface area contributed by atoms with Gasteiger partial charge in [0.1, 0.15) is 0 Å². The van der Waals surface area contributed by atoms with Gasteiger partial charge in [0.2, 0.25) is 0 Å². The molecule has 0 amide bonds. The standard InChI is InChI=1S/C20H22N4/c1-17(20-10-4-7-14-23-20)24(16-19-9-3-6-13-22-19)15-11-18-8-2-5-12-21-18/h2-10,12-14,17H,11,15-16H2,1H3. The Morgan fingerprint density at radius 2 is 1.42 bits per heavy atom. The second-order valence-electron chi connectivity index (χ2n) is 5.79. The summed E-state index contributed by atoms with van der Waals surface area (Å²) in [5.41, 5.74) is 3.26. The molecule has 0 bridgehead atoms. The average molecular weight is 318 g/mol. The molecule has 24 heavy (non-hydrogen) atoms. The van der Waals surface area contributed by atoms with E-state index in [4.69, 9.17) is 0 Å². The first-order chi connectivity index (χ1) is 11.8. The van der Waals surface area contributed by atoms with Crippen molar-refractivity contribution in [2.75, 3.05) is 6.54 Å². The van der Waals surface area contributed by atoms with Crippen molar-refractivity contribution in [2.24, 2.45) is 0 Å². The molecule has 1 unspecified atom stereocenters. The van der Waals surface area contributed by atoms with Crippen LogP contribution in [0.5, 0.6) is 0 Å². The van der Waals surface area contributed by atoms with Gasteiger partial charge in [-0.1, -0.05) is 18.2 Å². The van der Waals surface area contributed by atoms with Gasteiger partial charge in [-0.05, 0) is 43.3 Å². The van der Waals surface area contributed by atoms with Crippen molar-refractivity contribution in [3.63, 3.8) is 0 Å². The quantitative estimate of drug-likeness (QED) is 0.666. The third-order valence-corrected chi connectivity index (χ3v) is 4.14. The normalized spacial score (nSPS) is 12.2. The monoisotopic (exact) mass is 318 g/mol. The van der Waals surface area contributed by atoms with Gasteiger partial charge in [-0.25, -0.2) is 0 Å². The minimum absolute atomic E-state index is 0.219. The SMILES string of the molecule is CC(c1ccccn1)N(CCc1ccccn1)Cc1ccccn1. The van der Waals surface area contributed by atoms with Crippen LogP contribution in [0.15, 0.2) is 73.2 Å². The highest BCUT2D eigenvalue weighted by atomic mass is 15.2. The van der Waals surface area contributed by atoms with Gasteiger partial charge in [-0.3, -0.25) is 19.9 Å². The number of hydrogen-bond donors (Lipinski definition) is 0. The molecule has 1 atom stereocenters. The van der Waals surface area contributed by atoms with Gasteiger partial charge in [-0.15, -0.1) is 0 Å². The Morgan fingerprint density at radius 1 is 0.792 bits per heavy atom. The lowest BCUT2D eigenvalue weighted by Crippen LogP contribution is -2.30. The van der Waals surface area contributed by atoms with Crippen LogP contribution in [-0.2, 0) is 13.0 Å². The molecule has 4 heteroatoms. The van der Waals surface area contributed by atoms with Gasteiger partial charge in [0.15, 0.2) is 0 Å². The van der Waals surface area contributed by atoms with E-state index in [0.717, 1.165) is 36.6 Å². The van der Waals surface area contributed by atoms with Crippen LogP contribution in [0.1, 0.15) is 30.0 Å². The zero-order valence-corrected chi connectivity index (χ0v) is 13.9. The van der Waals surface area contributed by atoms with E-state index in [0.29, 0.717) is 0 Å². The second kappa shape index (κ2) is 8.31. The summed E-state index contributed by atoms with van der Waals surface area (Å²) in [5, 5.41) is 0. The van der Waals surface area contributed by atoms with Gasteiger partial charge in [-0.2, -0.15) is 0 Å². The lowest BCUT2D eigenvalue weighted by atomic mass is 10.1. The van der Waals surface area contributed by atoms with E-state index in [1.807, 2.05) is 55.0 Å². The number of rotatable bonds is 7. The Hall–Kier alpha value is -2.59. The van der Waals surface area contributed by atoms with Crippen molar-refractivity contribution in [3.8, 4) is 0 Å². The Bertz CT molecular complexity index is 716. The van der Waals surface area contributed by atoms with Crippen LogP contribution >= 0.6 is 0 Å². The molecular weight excluding hydrogens is 296 g/mol. The molecule has 0 fully saturated rings. The molecule has 3 aromatic rings. The summed E-state index contributed by atoms with van der Waals surface area (Å²) in [7, 11) is 0. The zero-order chi connectivity index (χ0) is 16.6. The van der Waals surface area contributed by atoms with E-state index < -0.39 is 0 Å². The van der Waals surface area contributed by atoms with Gasteiger partial charge < -0.3 is 0 Å². The summed E-state index contributed by atoms with van der Waals surface area (Å²) in [6.45, 7) is 3.90. The fraction of sp³-hybridized carbons (Fsp3) is 0.250. The van der Waals surface area contributed by atoms with E-state index in [1.165, 1.54) is 0 Å². The Balaban J connectivity index is 1.75. The molecule has 4 nitrogen and oxygen atoms in total. The molecule has 0 spiro atoms. The second-order valence-corrected chi connectivity index (χ2v) is 5.79. The summed E-state index contributed by atoms with van der Waals surface area (Å²) >= 11 is 0. The predicted octanol–water partition coefficient (Wildman–Crippen LogP) is 3.68. The van der Waals surface area contributed by atoms with Crippen molar-refractivity contribution < 1.29 is 0 Å². The molecule has 0 radical (unpaired) electrons. The van der Waals surface area contributed by atoms with E-state index >= 15 is 0 Å². The Labute approximate surface area is 143 Å². The topological polar surface area (TPSA) is 41.9 Å². The molecule has 0 aliphatic carbocycles. The van der Waals surface area contributed by atoms with Crippen molar-refractivity contribution in [1.29, 1.82) is 0 Å². The lowest BCUT2D eigenvalue weighted by molar-refractivity contribution is 0.197. The smallest absolute Gasteiger partial charge is 0.0572 e. The number of nitrogens with zero attached hydrogens (tertiary/aromatic N) is 4. The van der Waals surface area contributed by atoms with E-state index in [-0.39, 0.29) is 6.04 Å². The summed E-state index contributed by atoms with van der Waals surface area (Å²) in [6, 6.07) is 18.4. The minimum atomic E-state index is 0.219.